The van der Waals surface area contributed by atoms with Gasteiger partial charge in [0, 0.05) is 29.9 Å². The number of nitrogens with zero attached hydrogens (tertiary/aromatic N) is 2. The van der Waals surface area contributed by atoms with Crippen molar-refractivity contribution in [1.82, 2.24) is 14.9 Å². The summed E-state index contributed by atoms with van der Waals surface area (Å²) < 4.78 is 15.0. The number of thiazole rings is 1. The van der Waals surface area contributed by atoms with Gasteiger partial charge in [0.2, 0.25) is 0 Å². The number of rotatable bonds is 5. The summed E-state index contributed by atoms with van der Waals surface area (Å²) in [6, 6.07) is 16.5. The minimum absolute atomic E-state index is 0.196. The predicted octanol–water partition coefficient (Wildman–Crippen LogP) is 4.41. The van der Waals surface area contributed by atoms with Crippen LogP contribution in [0, 0.1) is 5.82 Å². The Morgan fingerprint density at radius 2 is 1.96 bits per heavy atom. The van der Waals surface area contributed by atoms with E-state index in [1.807, 2.05) is 19.2 Å². The molecule has 0 aliphatic carbocycles. The van der Waals surface area contributed by atoms with Gasteiger partial charge in [0.1, 0.15) is 16.5 Å². The molecule has 0 radical (unpaired) electrons. The van der Waals surface area contributed by atoms with Gasteiger partial charge < -0.3 is 9.88 Å². The molecule has 4 aromatic rings. The van der Waals surface area contributed by atoms with Crippen LogP contribution in [0.2, 0.25) is 0 Å². The summed E-state index contributed by atoms with van der Waals surface area (Å²) in [5.41, 5.74) is 3.52. The highest BCUT2D eigenvalue weighted by molar-refractivity contribution is 7.13. The van der Waals surface area contributed by atoms with Crippen molar-refractivity contribution in [3.63, 3.8) is 0 Å². The number of aromatic nitrogens is 2. The van der Waals surface area contributed by atoms with E-state index in [1.165, 1.54) is 23.5 Å². The molecule has 4 rings (SSSR count). The molecule has 0 saturated heterocycles. The average molecular weight is 379 g/mol. The van der Waals surface area contributed by atoms with Crippen LogP contribution in [-0.2, 0) is 13.5 Å². The smallest absolute Gasteiger partial charge is 0.270 e. The van der Waals surface area contributed by atoms with Crippen molar-refractivity contribution in [2.75, 3.05) is 6.54 Å². The molecule has 0 saturated carbocycles. The fourth-order valence-electron chi connectivity index (χ4n) is 3.05. The zero-order valence-electron chi connectivity index (χ0n) is 14.8. The Kier molecular flexibility index (Phi) is 4.73. The molecule has 2 aromatic heterocycles. The summed E-state index contributed by atoms with van der Waals surface area (Å²) in [6.45, 7) is 0.478. The monoisotopic (exact) mass is 379 g/mol. The summed E-state index contributed by atoms with van der Waals surface area (Å²) >= 11 is 1.46. The molecular formula is C21H18FN3OS. The van der Waals surface area contributed by atoms with Crippen molar-refractivity contribution in [2.45, 2.75) is 6.42 Å². The molecular weight excluding hydrogens is 361 g/mol. The molecule has 1 amide bonds. The van der Waals surface area contributed by atoms with E-state index in [4.69, 9.17) is 0 Å². The lowest BCUT2D eigenvalue weighted by Crippen LogP contribution is -2.25. The Hall–Kier alpha value is -2.99. The zero-order valence-corrected chi connectivity index (χ0v) is 15.6. The highest BCUT2D eigenvalue weighted by atomic mass is 32.1. The first-order valence-corrected chi connectivity index (χ1v) is 9.53. The molecule has 0 unspecified atom stereocenters. The number of para-hydroxylation sites is 1. The van der Waals surface area contributed by atoms with Gasteiger partial charge in [-0.25, -0.2) is 9.37 Å². The molecule has 1 N–H and O–H groups in total. The van der Waals surface area contributed by atoms with E-state index in [-0.39, 0.29) is 11.7 Å². The van der Waals surface area contributed by atoms with Gasteiger partial charge in [0.05, 0.1) is 5.69 Å². The quantitative estimate of drug-likeness (QED) is 0.558. The summed E-state index contributed by atoms with van der Waals surface area (Å²) in [5.74, 6) is -0.454. The van der Waals surface area contributed by atoms with Crippen molar-refractivity contribution in [1.29, 1.82) is 0 Å². The molecule has 0 fully saturated rings. The van der Waals surface area contributed by atoms with Gasteiger partial charge in [-0.05, 0) is 36.2 Å². The molecule has 2 aromatic carbocycles. The van der Waals surface area contributed by atoms with Crippen LogP contribution < -0.4 is 5.32 Å². The summed E-state index contributed by atoms with van der Waals surface area (Å²) in [6.07, 6.45) is 0.645. The van der Waals surface area contributed by atoms with E-state index in [2.05, 4.69) is 33.1 Å². The zero-order chi connectivity index (χ0) is 18.8. The summed E-state index contributed by atoms with van der Waals surface area (Å²) in [7, 11) is 2.00. The van der Waals surface area contributed by atoms with E-state index in [0.717, 1.165) is 27.2 Å². The minimum atomic E-state index is -0.258. The number of aryl methyl sites for hydroxylation is 1. The predicted molar refractivity (Wildman–Crippen MR) is 106 cm³/mol. The Balaban J connectivity index is 1.44. The maximum Gasteiger partial charge on any atom is 0.270 e. The Bertz CT molecular complexity index is 1100. The molecule has 27 heavy (non-hydrogen) atoms. The van der Waals surface area contributed by atoms with E-state index >= 15 is 0 Å². The first kappa shape index (κ1) is 17.4. The lowest BCUT2D eigenvalue weighted by Gasteiger charge is -2.04. The minimum Gasteiger partial charge on any atom is -0.350 e. The summed E-state index contributed by atoms with van der Waals surface area (Å²) in [4.78, 5) is 16.9. The third kappa shape index (κ3) is 3.61. The molecule has 0 aliphatic heterocycles. The van der Waals surface area contributed by atoms with Crippen molar-refractivity contribution in [3.05, 3.63) is 77.1 Å². The van der Waals surface area contributed by atoms with Gasteiger partial charge in [0.25, 0.3) is 5.91 Å². The van der Waals surface area contributed by atoms with Gasteiger partial charge in [-0.3, -0.25) is 4.79 Å². The number of hydrogen-bond acceptors (Lipinski definition) is 3. The van der Waals surface area contributed by atoms with Crippen molar-refractivity contribution in [3.8, 4) is 10.7 Å². The van der Waals surface area contributed by atoms with Crippen LogP contribution in [0.3, 0.4) is 0 Å². The van der Waals surface area contributed by atoms with Crippen LogP contribution in [0.5, 0.6) is 0 Å². The molecule has 0 atom stereocenters. The van der Waals surface area contributed by atoms with E-state index in [1.54, 1.807) is 17.5 Å². The second-order valence-corrected chi connectivity index (χ2v) is 7.18. The first-order chi connectivity index (χ1) is 13.1. The Morgan fingerprint density at radius 1 is 1.19 bits per heavy atom. The Labute approximate surface area is 160 Å². The van der Waals surface area contributed by atoms with Crippen molar-refractivity contribution in [2.24, 2.45) is 7.05 Å². The van der Waals surface area contributed by atoms with Crippen LogP contribution in [0.15, 0.2) is 60.0 Å². The number of halogens is 1. The van der Waals surface area contributed by atoms with Gasteiger partial charge in [-0.1, -0.05) is 30.3 Å². The van der Waals surface area contributed by atoms with Crippen molar-refractivity contribution < 1.29 is 9.18 Å². The van der Waals surface area contributed by atoms with E-state index < -0.39 is 0 Å². The maximum absolute atomic E-state index is 12.9. The number of benzene rings is 2. The number of carbonyl (C=O) groups is 1. The van der Waals surface area contributed by atoms with Gasteiger partial charge in [-0.15, -0.1) is 11.3 Å². The number of fused-ring (bicyclic) bond motifs is 1. The molecule has 4 nitrogen and oxygen atoms in total. The molecule has 6 heteroatoms. The van der Waals surface area contributed by atoms with Crippen molar-refractivity contribution >= 4 is 28.1 Å². The van der Waals surface area contributed by atoms with Crippen LogP contribution in [0.1, 0.15) is 16.1 Å². The molecule has 0 aliphatic rings. The lowest BCUT2D eigenvalue weighted by molar-refractivity contribution is 0.0950. The fourth-order valence-corrected chi connectivity index (χ4v) is 3.90. The van der Waals surface area contributed by atoms with Gasteiger partial charge in [-0.2, -0.15) is 0 Å². The van der Waals surface area contributed by atoms with Crippen LogP contribution in [0.25, 0.3) is 21.6 Å². The molecule has 136 valence electrons. The highest BCUT2D eigenvalue weighted by Crippen LogP contribution is 2.29. The Morgan fingerprint density at radius 3 is 2.74 bits per heavy atom. The van der Waals surface area contributed by atoms with Crippen LogP contribution in [-0.4, -0.2) is 22.0 Å². The molecule has 0 bridgehead atoms. The lowest BCUT2D eigenvalue weighted by atomic mass is 10.1. The molecule has 2 heterocycles. The first-order valence-electron chi connectivity index (χ1n) is 8.65. The van der Waals surface area contributed by atoms with E-state index in [0.29, 0.717) is 18.7 Å². The molecule has 0 spiro atoms. The van der Waals surface area contributed by atoms with Crippen LogP contribution >= 0.6 is 11.3 Å². The number of carbonyl (C=O) groups excluding carboxylic acids is 1. The second-order valence-electron chi connectivity index (χ2n) is 6.32. The van der Waals surface area contributed by atoms with E-state index in [9.17, 15) is 9.18 Å². The third-order valence-electron chi connectivity index (χ3n) is 4.52. The highest BCUT2D eigenvalue weighted by Gasteiger charge is 2.15. The average Bonchev–Trinajstić information content (AvgIpc) is 3.29. The SMILES string of the molecule is Cn1c(-c2nc(C(=O)NCCc3ccc(F)cc3)cs2)cc2ccccc21. The van der Waals surface area contributed by atoms with Crippen LogP contribution in [0.4, 0.5) is 4.39 Å². The second kappa shape index (κ2) is 7.32. The topological polar surface area (TPSA) is 46.9 Å². The third-order valence-corrected chi connectivity index (χ3v) is 5.38. The fraction of sp³-hybridized carbons (Fsp3) is 0.143. The standard InChI is InChI=1S/C21H18FN3OS/c1-25-18-5-3-2-4-15(18)12-19(25)21-24-17(13-27-21)20(26)23-11-10-14-6-8-16(22)9-7-14/h2-9,12-13H,10-11H2,1H3,(H,23,26). The largest absolute Gasteiger partial charge is 0.350 e. The number of amides is 1. The number of nitrogens with one attached hydrogen (secondary N) is 1. The number of hydrogen-bond donors (Lipinski definition) is 1. The van der Waals surface area contributed by atoms with Gasteiger partial charge >= 0.3 is 0 Å². The maximum atomic E-state index is 12.9. The normalized spacial score (nSPS) is 11.0. The van der Waals surface area contributed by atoms with Gasteiger partial charge in [0.15, 0.2) is 0 Å². The summed E-state index contributed by atoms with van der Waals surface area (Å²) in [5, 5.41) is 6.62.